The molecule has 0 aliphatic carbocycles. The molecule has 0 spiro atoms. The fourth-order valence-electron chi connectivity index (χ4n) is 6.61. The van der Waals surface area contributed by atoms with E-state index in [-0.39, 0.29) is 29.0 Å². The van der Waals surface area contributed by atoms with Gasteiger partial charge < -0.3 is 4.90 Å². The second-order valence-electron chi connectivity index (χ2n) is 12.1. The molecule has 6 rings (SSSR count). The van der Waals surface area contributed by atoms with Crippen molar-refractivity contribution in [1.82, 2.24) is 19.6 Å². The molecule has 2 unspecified atom stereocenters. The Kier molecular flexibility index (Phi) is 8.34. The van der Waals surface area contributed by atoms with Gasteiger partial charge in [-0.3, -0.25) is 9.69 Å². The molecule has 0 bridgehead atoms. The van der Waals surface area contributed by atoms with Gasteiger partial charge in [0.2, 0.25) is 0 Å². The Morgan fingerprint density at radius 2 is 1.60 bits per heavy atom. The van der Waals surface area contributed by atoms with Crippen molar-refractivity contribution in [2.45, 2.75) is 48.5 Å². The van der Waals surface area contributed by atoms with E-state index in [0.717, 1.165) is 5.56 Å². The van der Waals surface area contributed by atoms with Crippen LogP contribution in [0.3, 0.4) is 0 Å². The molecule has 2 atom stereocenters. The van der Waals surface area contributed by atoms with Gasteiger partial charge in [0.15, 0.2) is 9.84 Å². The van der Waals surface area contributed by atoms with Crippen molar-refractivity contribution < 1.29 is 26.4 Å². The molecular formula is C34H35F3N4O3S. The van der Waals surface area contributed by atoms with Gasteiger partial charge in [-0.2, -0.15) is 5.10 Å². The van der Waals surface area contributed by atoms with E-state index in [1.807, 2.05) is 12.1 Å². The number of hydrogen-bond acceptors (Lipinski definition) is 5. The summed E-state index contributed by atoms with van der Waals surface area (Å²) in [5.41, 5.74) is 3.00. The zero-order chi connectivity index (χ0) is 31.9. The summed E-state index contributed by atoms with van der Waals surface area (Å²) in [6.45, 7) is 2.68. The molecule has 1 aromatic heterocycles. The lowest BCUT2D eigenvalue weighted by Gasteiger charge is -2.36. The standard InChI is InChI=1S/C34H35F3N4O3S/c1-23(24-8-14-29(15-9-24)45(2,43)44)39-18-16-26(17-19-39)32-30(20-38-41(32)28-12-10-27(35)11-13-28)33(42)40-21-31(34(36,37)22-40)25-6-4-3-5-7-25/h3-15,20,23,26,31H,16-19,21-22H2,1-2H3. The second-order valence-corrected chi connectivity index (χ2v) is 14.1. The van der Waals surface area contributed by atoms with Crippen LogP contribution in [0.4, 0.5) is 13.2 Å². The van der Waals surface area contributed by atoms with Crippen LogP contribution in [-0.2, 0) is 9.84 Å². The molecular weight excluding hydrogens is 601 g/mol. The molecule has 3 aromatic carbocycles. The van der Waals surface area contributed by atoms with Crippen LogP contribution in [0, 0.1) is 5.82 Å². The van der Waals surface area contributed by atoms with E-state index in [2.05, 4.69) is 16.9 Å². The van der Waals surface area contributed by atoms with Gasteiger partial charge in [0.25, 0.3) is 11.8 Å². The van der Waals surface area contributed by atoms with Crippen molar-refractivity contribution in [3.8, 4) is 5.69 Å². The highest BCUT2D eigenvalue weighted by Crippen LogP contribution is 2.42. The summed E-state index contributed by atoms with van der Waals surface area (Å²) >= 11 is 0. The fraction of sp³-hybridized carbons (Fsp3) is 0.353. The fourth-order valence-corrected chi connectivity index (χ4v) is 7.24. The average Bonchev–Trinajstić information content (AvgIpc) is 3.62. The van der Waals surface area contributed by atoms with Crippen LogP contribution in [0.15, 0.2) is 90.0 Å². The van der Waals surface area contributed by atoms with Crippen LogP contribution >= 0.6 is 0 Å². The van der Waals surface area contributed by atoms with Crippen molar-refractivity contribution in [2.24, 2.45) is 0 Å². The Morgan fingerprint density at radius 1 is 0.956 bits per heavy atom. The molecule has 236 valence electrons. The van der Waals surface area contributed by atoms with Crippen molar-refractivity contribution in [3.63, 3.8) is 0 Å². The average molecular weight is 637 g/mol. The van der Waals surface area contributed by atoms with Crippen LogP contribution < -0.4 is 0 Å². The minimum absolute atomic E-state index is 0.0319. The van der Waals surface area contributed by atoms with Gasteiger partial charge in [0, 0.05) is 24.8 Å². The summed E-state index contributed by atoms with van der Waals surface area (Å²) in [4.78, 5) is 17.8. The first-order valence-corrected chi connectivity index (χ1v) is 16.9. The summed E-state index contributed by atoms with van der Waals surface area (Å²) in [6, 6.07) is 21.3. The Hall–Kier alpha value is -3.96. The molecule has 2 aliphatic rings. The predicted molar refractivity (Wildman–Crippen MR) is 165 cm³/mol. The first-order chi connectivity index (χ1) is 21.4. The molecule has 1 amide bonds. The monoisotopic (exact) mass is 636 g/mol. The van der Waals surface area contributed by atoms with Gasteiger partial charge in [-0.15, -0.1) is 0 Å². The number of sulfone groups is 1. The van der Waals surface area contributed by atoms with Gasteiger partial charge in [0.05, 0.1) is 40.5 Å². The summed E-state index contributed by atoms with van der Waals surface area (Å²) in [5, 5.41) is 4.52. The SMILES string of the molecule is CC(c1ccc(S(C)(=O)=O)cc1)N1CCC(c2c(C(=O)N3CC(c4ccccc4)C(F)(F)C3)cnn2-c2ccc(F)cc2)CC1. The predicted octanol–water partition coefficient (Wildman–Crippen LogP) is 6.23. The molecule has 11 heteroatoms. The number of nitrogens with zero attached hydrogens (tertiary/aromatic N) is 4. The number of carbonyl (C=O) groups is 1. The minimum atomic E-state index is -3.29. The van der Waals surface area contributed by atoms with Gasteiger partial charge in [-0.1, -0.05) is 42.5 Å². The smallest absolute Gasteiger partial charge is 0.273 e. The molecule has 2 aliphatic heterocycles. The molecule has 0 radical (unpaired) electrons. The molecule has 3 heterocycles. The Balaban J connectivity index is 1.25. The zero-order valence-corrected chi connectivity index (χ0v) is 25.9. The minimum Gasteiger partial charge on any atom is -0.332 e. The van der Waals surface area contributed by atoms with E-state index in [0.29, 0.717) is 42.9 Å². The van der Waals surface area contributed by atoms with Crippen LogP contribution in [0.5, 0.6) is 0 Å². The van der Waals surface area contributed by atoms with Crippen molar-refractivity contribution in [3.05, 3.63) is 113 Å². The van der Waals surface area contributed by atoms with Crippen LogP contribution in [-0.4, -0.2) is 72.3 Å². The molecule has 2 fully saturated rings. The third kappa shape index (κ3) is 6.28. The Labute approximate surface area is 261 Å². The number of likely N-dealkylation sites (tertiary alicyclic amines) is 2. The third-order valence-corrected chi connectivity index (χ3v) is 10.3. The molecule has 0 N–H and O–H groups in total. The zero-order valence-electron chi connectivity index (χ0n) is 25.1. The van der Waals surface area contributed by atoms with E-state index < -0.39 is 39.9 Å². The number of benzene rings is 3. The van der Waals surface area contributed by atoms with Gasteiger partial charge in [-0.25, -0.2) is 26.3 Å². The Bertz CT molecular complexity index is 1770. The van der Waals surface area contributed by atoms with E-state index in [1.54, 1.807) is 59.3 Å². The third-order valence-electron chi connectivity index (χ3n) is 9.17. The lowest BCUT2D eigenvalue weighted by molar-refractivity contribution is -0.00244. The number of alkyl halides is 2. The maximum Gasteiger partial charge on any atom is 0.273 e. The maximum atomic E-state index is 15.2. The highest BCUT2D eigenvalue weighted by atomic mass is 32.2. The number of aromatic nitrogens is 2. The highest BCUT2D eigenvalue weighted by molar-refractivity contribution is 7.90. The molecule has 2 saturated heterocycles. The van der Waals surface area contributed by atoms with E-state index in [1.165, 1.54) is 29.5 Å². The quantitative estimate of drug-likeness (QED) is 0.241. The highest BCUT2D eigenvalue weighted by Gasteiger charge is 2.50. The van der Waals surface area contributed by atoms with E-state index in [9.17, 15) is 17.6 Å². The number of hydrogen-bond donors (Lipinski definition) is 0. The van der Waals surface area contributed by atoms with Crippen molar-refractivity contribution >= 4 is 15.7 Å². The van der Waals surface area contributed by atoms with E-state index in [4.69, 9.17) is 0 Å². The summed E-state index contributed by atoms with van der Waals surface area (Å²) in [7, 11) is -3.29. The van der Waals surface area contributed by atoms with Gasteiger partial charge >= 0.3 is 0 Å². The Morgan fingerprint density at radius 3 is 2.22 bits per heavy atom. The number of piperidine rings is 1. The lowest BCUT2D eigenvalue weighted by atomic mass is 9.89. The molecule has 4 aromatic rings. The number of amides is 1. The van der Waals surface area contributed by atoms with Crippen LogP contribution in [0.25, 0.3) is 5.69 Å². The van der Waals surface area contributed by atoms with Crippen molar-refractivity contribution in [2.75, 3.05) is 32.4 Å². The number of rotatable bonds is 7. The lowest BCUT2D eigenvalue weighted by Crippen LogP contribution is -2.36. The van der Waals surface area contributed by atoms with Crippen molar-refractivity contribution in [1.29, 1.82) is 0 Å². The van der Waals surface area contributed by atoms with Crippen LogP contribution in [0.1, 0.15) is 64.8 Å². The normalized spacial score (nSPS) is 19.9. The first-order valence-electron chi connectivity index (χ1n) is 15.0. The molecule has 7 nitrogen and oxygen atoms in total. The first kappa shape index (κ1) is 31.0. The largest absolute Gasteiger partial charge is 0.332 e. The summed E-state index contributed by atoms with van der Waals surface area (Å²) in [6.07, 6.45) is 4.00. The van der Waals surface area contributed by atoms with E-state index >= 15 is 8.78 Å². The topological polar surface area (TPSA) is 75.5 Å². The van der Waals surface area contributed by atoms with Gasteiger partial charge in [-0.05, 0) is 80.4 Å². The maximum absolute atomic E-state index is 15.2. The van der Waals surface area contributed by atoms with Crippen LogP contribution in [0.2, 0.25) is 0 Å². The summed E-state index contributed by atoms with van der Waals surface area (Å²) < 4.78 is 69.7. The number of carbonyl (C=O) groups excluding carboxylic acids is 1. The molecule has 45 heavy (non-hydrogen) atoms. The summed E-state index contributed by atoms with van der Waals surface area (Å²) in [5.74, 6) is -5.17. The molecule has 0 saturated carbocycles. The number of halogens is 3. The second kappa shape index (κ2) is 12.1. The van der Waals surface area contributed by atoms with Gasteiger partial charge in [0.1, 0.15) is 5.82 Å².